The summed E-state index contributed by atoms with van der Waals surface area (Å²) in [6.07, 6.45) is 0. The Balaban J connectivity index is 1.64. The lowest BCUT2D eigenvalue weighted by Crippen LogP contribution is -2.22. The van der Waals surface area contributed by atoms with Gasteiger partial charge in [-0.2, -0.15) is 0 Å². The zero-order valence-electron chi connectivity index (χ0n) is 13.0. The Morgan fingerprint density at radius 2 is 2.04 bits per heavy atom. The van der Waals surface area contributed by atoms with Gasteiger partial charge in [0.1, 0.15) is 5.01 Å². The summed E-state index contributed by atoms with van der Waals surface area (Å²) in [4.78, 5) is 20.0. The number of nitrogens with one attached hydrogen (secondary N) is 2. The number of carbonyl (C=O) groups excluding carboxylic acids is 1. The van der Waals surface area contributed by atoms with Crippen molar-refractivity contribution in [3.05, 3.63) is 29.3 Å². The Labute approximate surface area is 142 Å². The highest BCUT2D eigenvalue weighted by Crippen LogP contribution is 2.26. The normalized spacial score (nSPS) is 12.7. The van der Waals surface area contributed by atoms with Gasteiger partial charge in [-0.05, 0) is 19.1 Å². The molecule has 2 N–H and O–H groups in total. The van der Waals surface area contributed by atoms with Crippen molar-refractivity contribution in [2.45, 2.75) is 37.1 Å². The molecule has 0 bridgehead atoms. The Morgan fingerprint density at radius 1 is 1.26 bits per heavy atom. The van der Waals surface area contributed by atoms with Crippen LogP contribution in [0.3, 0.4) is 0 Å². The maximum Gasteiger partial charge on any atom is 0.239 e. The molecule has 1 amide bonds. The number of hydrogen-bond donors (Lipinski definition) is 2. The van der Waals surface area contributed by atoms with Crippen molar-refractivity contribution in [1.82, 2.24) is 20.2 Å². The lowest BCUT2D eigenvalue weighted by Gasteiger charge is -2.07. The first-order valence-electron chi connectivity index (χ1n) is 7.28. The number of carbonyl (C=O) groups is 1. The molecule has 3 aromatic rings. The lowest BCUT2D eigenvalue weighted by molar-refractivity contribution is -0.115. The van der Waals surface area contributed by atoms with Crippen molar-refractivity contribution in [3.63, 3.8) is 0 Å². The summed E-state index contributed by atoms with van der Waals surface area (Å²) in [5.41, 5.74) is 1.86. The van der Waals surface area contributed by atoms with Gasteiger partial charge in [-0.1, -0.05) is 49.1 Å². The van der Waals surface area contributed by atoms with Crippen LogP contribution in [0.25, 0.3) is 11.0 Å². The van der Waals surface area contributed by atoms with Crippen LogP contribution in [-0.4, -0.2) is 31.3 Å². The van der Waals surface area contributed by atoms with Crippen LogP contribution in [0.5, 0.6) is 0 Å². The van der Waals surface area contributed by atoms with Crippen molar-refractivity contribution < 1.29 is 4.79 Å². The van der Waals surface area contributed by atoms with Crippen LogP contribution in [0.15, 0.2) is 29.4 Å². The fourth-order valence-corrected chi connectivity index (χ4v) is 3.50. The number of H-pyrrole nitrogens is 1. The van der Waals surface area contributed by atoms with Gasteiger partial charge in [0, 0.05) is 5.92 Å². The van der Waals surface area contributed by atoms with Crippen molar-refractivity contribution in [2.24, 2.45) is 0 Å². The van der Waals surface area contributed by atoms with Gasteiger partial charge in [0.05, 0.1) is 16.3 Å². The number of fused-ring (bicyclic) bond motifs is 1. The number of hydrogen-bond acceptors (Lipinski definition) is 6. The first-order chi connectivity index (χ1) is 11.0. The summed E-state index contributed by atoms with van der Waals surface area (Å²) < 4.78 is 0. The van der Waals surface area contributed by atoms with Crippen molar-refractivity contribution in [3.8, 4) is 0 Å². The topological polar surface area (TPSA) is 83.6 Å². The van der Waals surface area contributed by atoms with E-state index in [4.69, 9.17) is 0 Å². The summed E-state index contributed by atoms with van der Waals surface area (Å²) >= 11 is 2.80. The lowest BCUT2D eigenvalue weighted by atomic mass is 10.2. The Morgan fingerprint density at radius 3 is 2.74 bits per heavy atom. The van der Waals surface area contributed by atoms with E-state index in [1.165, 1.54) is 23.1 Å². The number of rotatable bonds is 5. The van der Waals surface area contributed by atoms with E-state index in [1.807, 2.05) is 45.0 Å². The Kier molecular flexibility index (Phi) is 4.63. The predicted octanol–water partition coefficient (Wildman–Crippen LogP) is 3.66. The average Bonchev–Trinajstić information content (AvgIpc) is 3.13. The molecule has 0 saturated carbocycles. The molecular formula is C15H17N5OS2. The van der Waals surface area contributed by atoms with Gasteiger partial charge >= 0.3 is 0 Å². The number of aromatic amines is 1. The van der Waals surface area contributed by atoms with E-state index in [-0.39, 0.29) is 11.2 Å². The van der Waals surface area contributed by atoms with Crippen LogP contribution in [0.2, 0.25) is 0 Å². The molecule has 0 radical (unpaired) electrons. The number of benzene rings is 1. The zero-order valence-corrected chi connectivity index (χ0v) is 14.7. The van der Waals surface area contributed by atoms with Crippen LogP contribution >= 0.6 is 23.1 Å². The molecule has 0 aliphatic carbocycles. The van der Waals surface area contributed by atoms with Crippen molar-refractivity contribution in [2.75, 3.05) is 5.32 Å². The third-order valence-corrected chi connectivity index (χ3v) is 5.31. The van der Waals surface area contributed by atoms with E-state index in [2.05, 4.69) is 25.5 Å². The molecule has 6 nitrogen and oxygen atoms in total. The van der Waals surface area contributed by atoms with E-state index < -0.39 is 0 Å². The number of anilines is 1. The number of para-hydroxylation sites is 2. The first-order valence-corrected chi connectivity index (χ1v) is 8.98. The smallest absolute Gasteiger partial charge is 0.239 e. The third-order valence-electron chi connectivity index (χ3n) is 3.19. The van der Waals surface area contributed by atoms with Gasteiger partial charge in [0.15, 0.2) is 5.16 Å². The molecule has 2 heterocycles. The second-order valence-electron chi connectivity index (χ2n) is 5.41. The summed E-state index contributed by atoms with van der Waals surface area (Å²) in [7, 11) is 0. The fourth-order valence-electron chi connectivity index (χ4n) is 1.93. The monoisotopic (exact) mass is 347 g/mol. The van der Waals surface area contributed by atoms with Gasteiger partial charge in [-0.25, -0.2) is 4.98 Å². The van der Waals surface area contributed by atoms with E-state index in [0.29, 0.717) is 11.0 Å². The molecule has 3 rings (SSSR count). The number of thioether (sulfide) groups is 1. The van der Waals surface area contributed by atoms with Crippen LogP contribution < -0.4 is 5.32 Å². The quantitative estimate of drug-likeness (QED) is 0.688. The van der Waals surface area contributed by atoms with Crippen LogP contribution in [0, 0.1) is 0 Å². The van der Waals surface area contributed by atoms with Crippen molar-refractivity contribution in [1.29, 1.82) is 0 Å². The molecule has 120 valence electrons. The molecule has 0 aliphatic heterocycles. The number of imidazole rings is 1. The van der Waals surface area contributed by atoms with Gasteiger partial charge in [-0.15, -0.1) is 10.2 Å². The summed E-state index contributed by atoms with van der Waals surface area (Å²) in [6.45, 7) is 5.94. The molecule has 0 spiro atoms. The molecule has 23 heavy (non-hydrogen) atoms. The number of amides is 1. The van der Waals surface area contributed by atoms with Crippen LogP contribution in [0.1, 0.15) is 31.7 Å². The molecule has 1 atom stereocenters. The minimum atomic E-state index is -0.290. The average molecular weight is 347 g/mol. The Hall–Kier alpha value is -1.93. The predicted molar refractivity (Wildman–Crippen MR) is 94.0 cm³/mol. The maximum atomic E-state index is 12.3. The Bertz CT molecular complexity index is 793. The zero-order chi connectivity index (χ0) is 16.4. The molecule has 1 unspecified atom stereocenters. The molecule has 0 aliphatic rings. The highest BCUT2D eigenvalue weighted by molar-refractivity contribution is 8.00. The second kappa shape index (κ2) is 6.67. The third kappa shape index (κ3) is 3.70. The summed E-state index contributed by atoms with van der Waals surface area (Å²) in [5, 5.41) is 12.8. The molecule has 2 aromatic heterocycles. The molecule has 1 aromatic carbocycles. The van der Waals surface area contributed by atoms with Crippen molar-refractivity contribution >= 4 is 45.2 Å². The highest BCUT2D eigenvalue weighted by Gasteiger charge is 2.18. The molecule has 0 fully saturated rings. The van der Waals surface area contributed by atoms with E-state index in [1.54, 1.807) is 0 Å². The van der Waals surface area contributed by atoms with E-state index >= 15 is 0 Å². The minimum Gasteiger partial charge on any atom is -0.333 e. The second-order valence-corrected chi connectivity index (χ2v) is 7.75. The molecule has 0 saturated heterocycles. The SMILES string of the molecule is CC(Sc1nc2ccccc2[nH]1)C(=O)Nc1nnc(C(C)C)s1. The van der Waals surface area contributed by atoms with Gasteiger partial charge in [0.2, 0.25) is 11.0 Å². The maximum absolute atomic E-state index is 12.3. The fraction of sp³-hybridized carbons (Fsp3) is 0.333. The largest absolute Gasteiger partial charge is 0.333 e. The first kappa shape index (κ1) is 15.9. The number of aromatic nitrogens is 4. The summed E-state index contributed by atoms with van der Waals surface area (Å²) in [6, 6.07) is 7.80. The van der Waals surface area contributed by atoms with Crippen LogP contribution in [0.4, 0.5) is 5.13 Å². The minimum absolute atomic E-state index is 0.109. The van der Waals surface area contributed by atoms with Gasteiger partial charge < -0.3 is 4.98 Å². The molecule has 8 heteroatoms. The summed E-state index contributed by atoms with van der Waals surface area (Å²) in [5.74, 6) is 0.197. The number of nitrogens with zero attached hydrogens (tertiary/aromatic N) is 3. The highest BCUT2D eigenvalue weighted by atomic mass is 32.2. The van der Waals surface area contributed by atoms with E-state index in [0.717, 1.165) is 21.2 Å². The molecular weight excluding hydrogens is 330 g/mol. The van der Waals surface area contributed by atoms with Crippen LogP contribution in [-0.2, 0) is 4.79 Å². The van der Waals surface area contributed by atoms with Gasteiger partial charge in [-0.3, -0.25) is 10.1 Å². The standard InChI is InChI=1S/C15H17N5OS2/c1-8(2)13-19-20-15(23-13)18-12(21)9(3)22-14-16-10-6-4-5-7-11(10)17-14/h4-9H,1-3H3,(H,16,17)(H,18,20,21). The van der Waals surface area contributed by atoms with E-state index in [9.17, 15) is 4.79 Å². The van der Waals surface area contributed by atoms with Gasteiger partial charge in [0.25, 0.3) is 0 Å².